The Bertz CT molecular complexity index is 1320. The number of amides is 1. The summed E-state index contributed by atoms with van der Waals surface area (Å²) in [6.45, 7) is 4.65. The van der Waals surface area contributed by atoms with Gasteiger partial charge >= 0.3 is 0 Å². The van der Waals surface area contributed by atoms with E-state index in [0.717, 1.165) is 38.8 Å². The lowest BCUT2D eigenvalue weighted by Gasteiger charge is -2.52. The van der Waals surface area contributed by atoms with Gasteiger partial charge in [0.05, 0.1) is 23.2 Å². The van der Waals surface area contributed by atoms with E-state index in [4.69, 9.17) is 5.73 Å². The third-order valence-electron chi connectivity index (χ3n) is 10.1. The molecule has 3 fully saturated rings. The van der Waals surface area contributed by atoms with Crippen molar-refractivity contribution in [1.82, 2.24) is 9.80 Å². The van der Waals surface area contributed by atoms with Crippen LogP contribution in [-0.4, -0.2) is 108 Å². The van der Waals surface area contributed by atoms with E-state index in [1.165, 1.54) is 4.90 Å². The number of likely N-dealkylation sites (tertiary alicyclic amines) is 1. The van der Waals surface area contributed by atoms with E-state index < -0.39 is 64.4 Å². The number of carbonyl (C=O) groups is 5. The number of aromatic hydroxyl groups is 1. The van der Waals surface area contributed by atoms with Gasteiger partial charge in [0.25, 0.3) is 0 Å². The molecule has 4 N–H and O–H groups in total. The maximum Gasteiger partial charge on any atom is 0.235 e. The molecule has 0 bridgehead atoms. The highest BCUT2D eigenvalue weighted by atomic mass is 16.3. The number of phenols is 1. The first-order valence-electron chi connectivity index (χ1n) is 15.0. The Morgan fingerprint density at radius 3 is 2.38 bits per heavy atom. The zero-order valence-corrected chi connectivity index (χ0v) is 24.8. The Labute approximate surface area is 246 Å². The number of Topliss-reactive ketones (excluding diaryl/α,β-unsaturated/α-hetero) is 4. The van der Waals surface area contributed by atoms with Crippen LogP contribution in [-0.2, 0) is 25.6 Å². The van der Waals surface area contributed by atoms with Gasteiger partial charge in [-0.15, -0.1) is 0 Å². The molecule has 1 heterocycles. The zero-order chi connectivity index (χ0) is 30.7. The third-order valence-corrected chi connectivity index (χ3v) is 10.1. The van der Waals surface area contributed by atoms with Crippen LogP contribution in [0.3, 0.4) is 0 Å². The highest BCUT2D eigenvalue weighted by molar-refractivity contribution is 6.32. The molecule has 5 rings (SSSR count). The van der Waals surface area contributed by atoms with E-state index in [-0.39, 0.29) is 30.2 Å². The smallest absolute Gasteiger partial charge is 0.235 e. The highest BCUT2D eigenvalue weighted by Gasteiger charge is 2.69. The summed E-state index contributed by atoms with van der Waals surface area (Å²) in [7, 11) is 5.23. The molecule has 2 saturated carbocycles. The van der Waals surface area contributed by atoms with Crippen molar-refractivity contribution in [3.05, 3.63) is 23.3 Å². The van der Waals surface area contributed by atoms with Gasteiger partial charge in [0, 0.05) is 18.5 Å². The molecule has 11 heteroatoms. The van der Waals surface area contributed by atoms with Gasteiger partial charge in [0.15, 0.2) is 34.7 Å². The lowest BCUT2D eigenvalue weighted by molar-refractivity contribution is -0.181. The second-order valence-corrected chi connectivity index (χ2v) is 12.8. The lowest BCUT2D eigenvalue weighted by atomic mass is 9.52. The number of ketones is 4. The molecular formula is C31H42N4O7. The predicted octanol–water partition coefficient (Wildman–Crippen LogP) is 0.568. The van der Waals surface area contributed by atoms with Gasteiger partial charge in [0.1, 0.15) is 5.75 Å². The van der Waals surface area contributed by atoms with Crippen LogP contribution in [0.2, 0.25) is 0 Å². The summed E-state index contributed by atoms with van der Waals surface area (Å²) in [5.74, 6) is -10.1. The van der Waals surface area contributed by atoms with Crippen LogP contribution in [0.1, 0.15) is 54.9 Å². The maximum atomic E-state index is 14.1. The SMILES string of the molecule is CCCCN(c1ccc2c(c1O)C(=O)C1C(=O)[C@@]3(O)C(=O)C(C(N)=O)C(=O)[C@H](N(C)C)[C@H]3C[C@H]1C2)C1CCN(C)CC1. The van der Waals surface area contributed by atoms with Gasteiger partial charge in [0.2, 0.25) is 5.91 Å². The topological polar surface area (TPSA) is 162 Å². The van der Waals surface area contributed by atoms with E-state index >= 15 is 0 Å². The fourth-order valence-electron chi connectivity index (χ4n) is 7.94. The van der Waals surface area contributed by atoms with Crippen molar-refractivity contribution in [2.24, 2.45) is 29.4 Å². The second kappa shape index (κ2) is 11.2. The molecule has 1 saturated heterocycles. The van der Waals surface area contributed by atoms with Crippen molar-refractivity contribution in [2.75, 3.05) is 45.7 Å². The normalized spacial score (nSPS) is 32.0. The fourth-order valence-corrected chi connectivity index (χ4v) is 7.94. The number of aliphatic hydroxyl groups is 1. The van der Waals surface area contributed by atoms with Crippen LogP contribution in [0.25, 0.3) is 0 Å². The van der Waals surface area contributed by atoms with Crippen molar-refractivity contribution >= 4 is 34.7 Å². The van der Waals surface area contributed by atoms with E-state index in [1.54, 1.807) is 14.1 Å². The summed E-state index contributed by atoms with van der Waals surface area (Å²) in [5, 5.41) is 23.4. The highest BCUT2D eigenvalue weighted by Crippen LogP contribution is 2.51. The zero-order valence-electron chi connectivity index (χ0n) is 24.8. The predicted molar refractivity (Wildman–Crippen MR) is 154 cm³/mol. The van der Waals surface area contributed by atoms with Crippen molar-refractivity contribution in [1.29, 1.82) is 0 Å². The molecule has 0 spiro atoms. The van der Waals surface area contributed by atoms with Gasteiger partial charge in [-0.25, -0.2) is 0 Å². The standard InChI is InChI=1S/C31H42N4O7/c1-5-6-11-35(18-9-12-34(4)13-10-18)20-8-7-16-14-17-15-19-24(33(2)3)27(38)23(30(32)41)29(40)31(19,42)28(39)22(17)26(37)21(16)25(20)36/h7-8,17-19,22-24,36,42H,5-6,9-15H2,1-4H3,(H2,32,41)/t17-,19-,22?,23?,24-,31-/m1/s1. The quantitative estimate of drug-likeness (QED) is 0.388. The number of nitrogens with zero attached hydrogens (tertiary/aromatic N) is 3. The summed E-state index contributed by atoms with van der Waals surface area (Å²) in [5.41, 5.74) is 3.88. The van der Waals surface area contributed by atoms with Crippen LogP contribution < -0.4 is 10.6 Å². The van der Waals surface area contributed by atoms with Crippen molar-refractivity contribution in [3.8, 4) is 5.75 Å². The largest absolute Gasteiger partial charge is 0.505 e. The van der Waals surface area contributed by atoms with Gasteiger partial charge in [-0.05, 0) is 83.9 Å². The monoisotopic (exact) mass is 582 g/mol. The van der Waals surface area contributed by atoms with Gasteiger partial charge in [-0.3, -0.25) is 28.9 Å². The molecule has 1 aromatic rings. The summed E-state index contributed by atoms with van der Waals surface area (Å²) in [6.07, 6.45) is 4.01. The Kier molecular flexibility index (Phi) is 8.06. The number of phenolic OH excluding ortho intramolecular Hbond substituents is 1. The van der Waals surface area contributed by atoms with Crippen LogP contribution in [0.4, 0.5) is 5.69 Å². The Hall–Kier alpha value is -3.15. The summed E-state index contributed by atoms with van der Waals surface area (Å²) in [4.78, 5) is 73.0. The minimum absolute atomic E-state index is 0.0463. The third kappa shape index (κ3) is 4.57. The summed E-state index contributed by atoms with van der Waals surface area (Å²) < 4.78 is 0. The Morgan fingerprint density at radius 1 is 1.12 bits per heavy atom. The van der Waals surface area contributed by atoms with E-state index in [2.05, 4.69) is 23.8 Å². The number of primary amides is 1. The fraction of sp³-hybridized carbons (Fsp3) is 0.645. The van der Waals surface area contributed by atoms with Crippen molar-refractivity contribution in [2.45, 2.75) is 63.1 Å². The molecule has 1 amide bonds. The maximum absolute atomic E-state index is 14.1. The molecule has 228 valence electrons. The number of hydrogen-bond donors (Lipinski definition) is 3. The molecule has 42 heavy (non-hydrogen) atoms. The number of unbranched alkanes of at least 4 members (excludes halogenated alkanes) is 1. The van der Waals surface area contributed by atoms with Gasteiger partial charge in [-0.1, -0.05) is 19.4 Å². The average Bonchev–Trinajstić information content (AvgIpc) is 2.92. The number of nitrogens with two attached hydrogens (primary N) is 1. The number of fused-ring (bicyclic) bond motifs is 3. The Balaban J connectivity index is 1.55. The van der Waals surface area contributed by atoms with Gasteiger partial charge in [-0.2, -0.15) is 0 Å². The minimum Gasteiger partial charge on any atom is -0.505 e. The van der Waals surface area contributed by atoms with E-state index in [1.807, 2.05) is 12.1 Å². The minimum atomic E-state index is -2.72. The number of rotatable bonds is 7. The number of anilines is 1. The van der Waals surface area contributed by atoms with Crippen LogP contribution >= 0.6 is 0 Å². The molecular weight excluding hydrogens is 540 g/mol. The van der Waals surface area contributed by atoms with Gasteiger partial charge < -0.3 is 25.7 Å². The second-order valence-electron chi connectivity index (χ2n) is 12.8. The molecule has 0 radical (unpaired) electrons. The number of carbonyl (C=O) groups excluding carboxylic acids is 5. The first kappa shape index (κ1) is 30.3. The molecule has 11 nitrogen and oxygen atoms in total. The summed E-state index contributed by atoms with van der Waals surface area (Å²) >= 11 is 0. The number of hydrogen-bond acceptors (Lipinski definition) is 10. The van der Waals surface area contributed by atoms with Crippen molar-refractivity contribution in [3.63, 3.8) is 0 Å². The van der Waals surface area contributed by atoms with Crippen LogP contribution in [0.5, 0.6) is 5.75 Å². The number of benzene rings is 1. The number of piperidine rings is 1. The number of likely N-dealkylation sites (N-methyl/N-ethyl adjacent to an activating group) is 1. The van der Waals surface area contributed by atoms with Crippen molar-refractivity contribution < 1.29 is 34.2 Å². The molecule has 6 atom stereocenters. The van der Waals surface area contributed by atoms with Crippen LogP contribution in [0, 0.1) is 23.7 Å². The van der Waals surface area contributed by atoms with E-state index in [0.29, 0.717) is 17.8 Å². The molecule has 4 aliphatic rings. The first-order chi connectivity index (χ1) is 19.8. The molecule has 1 aromatic carbocycles. The molecule has 3 aliphatic carbocycles. The molecule has 2 unspecified atom stereocenters. The average molecular weight is 583 g/mol. The first-order valence-corrected chi connectivity index (χ1v) is 15.0. The molecule has 0 aromatic heterocycles. The van der Waals surface area contributed by atoms with Crippen LogP contribution in [0.15, 0.2) is 12.1 Å². The van der Waals surface area contributed by atoms with E-state index in [9.17, 15) is 34.2 Å². The molecule has 1 aliphatic heterocycles. The lowest BCUT2D eigenvalue weighted by Crippen LogP contribution is -2.74. The Morgan fingerprint density at radius 2 is 1.79 bits per heavy atom. The summed E-state index contributed by atoms with van der Waals surface area (Å²) in [6, 6.07) is 2.77.